The second kappa shape index (κ2) is 7.53. The van der Waals surface area contributed by atoms with Crippen LogP contribution < -0.4 is 9.46 Å². The smallest absolute Gasteiger partial charge is 0.240 e. The van der Waals surface area contributed by atoms with Crippen LogP contribution in [-0.2, 0) is 10.0 Å². The molecule has 0 saturated carbocycles. The molecule has 0 atom stereocenters. The lowest BCUT2D eigenvalue weighted by atomic mass is 10.3. The van der Waals surface area contributed by atoms with Crippen LogP contribution in [0.1, 0.15) is 0 Å². The van der Waals surface area contributed by atoms with Gasteiger partial charge in [0.1, 0.15) is 12.4 Å². The van der Waals surface area contributed by atoms with Gasteiger partial charge in [0.15, 0.2) is 0 Å². The van der Waals surface area contributed by atoms with Crippen molar-refractivity contribution in [2.24, 2.45) is 0 Å². The van der Waals surface area contributed by atoms with E-state index in [9.17, 15) is 8.42 Å². The van der Waals surface area contributed by atoms with Crippen molar-refractivity contribution in [3.63, 3.8) is 0 Å². The SMILES string of the molecule is O=S(=O)(NCCOc1ccc(Cl)cc1)c1ccc(Cl)c(Cl)c1. The van der Waals surface area contributed by atoms with E-state index in [0.29, 0.717) is 15.8 Å². The maximum Gasteiger partial charge on any atom is 0.240 e. The predicted molar refractivity (Wildman–Crippen MR) is 88.6 cm³/mol. The van der Waals surface area contributed by atoms with Gasteiger partial charge in [-0.25, -0.2) is 13.1 Å². The molecule has 8 heteroatoms. The number of rotatable bonds is 6. The maximum absolute atomic E-state index is 12.1. The molecule has 118 valence electrons. The highest BCUT2D eigenvalue weighted by molar-refractivity contribution is 7.89. The molecule has 0 saturated heterocycles. The molecular weight excluding hydrogens is 369 g/mol. The topological polar surface area (TPSA) is 55.4 Å². The van der Waals surface area contributed by atoms with Gasteiger partial charge in [-0.1, -0.05) is 34.8 Å². The summed E-state index contributed by atoms with van der Waals surface area (Å²) in [5.74, 6) is 0.609. The van der Waals surface area contributed by atoms with Crippen LogP contribution in [0.2, 0.25) is 15.1 Å². The third-order valence-corrected chi connectivity index (χ3v) is 5.13. The number of nitrogens with one attached hydrogen (secondary N) is 1. The number of hydrogen-bond acceptors (Lipinski definition) is 3. The molecule has 2 rings (SSSR count). The van der Waals surface area contributed by atoms with Crippen LogP contribution in [0.4, 0.5) is 0 Å². The third kappa shape index (κ3) is 4.76. The molecule has 22 heavy (non-hydrogen) atoms. The minimum atomic E-state index is -3.65. The van der Waals surface area contributed by atoms with Gasteiger partial charge in [0.25, 0.3) is 0 Å². The van der Waals surface area contributed by atoms with Crippen molar-refractivity contribution in [3.05, 3.63) is 57.5 Å². The molecule has 0 aliphatic rings. The van der Waals surface area contributed by atoms with Crippen LogP contribution in [0.5, 0.6) is 5.75 Å². The van der Waals surface area contributed by atoms with Gasteiger partial charge in [-0.15, -0.1) is 0 Å². The Labute approximate surface area is 144 Å². The van der Waals surface area contributed by atoms with Gasteiger partial charge in [0, 0.05) is 11.6 Å². The lowest BCUT2D eigenvalue weighted by molar-refractivity contribution is 0.323. The van der Waals surface area contributed by atoms with Crippen LogP contribution in [0.15, 0.2) is 47.4 Å². The van der Waals surface area contributed by atoms with E-state index in [1.54, 1.807) is 24.3 Å². The van der Waals surface area contributed by atoms with E-state index in [1.807, 2.05) is 0 Å². The molecule has 0 heterocycles. The first-order valence-corrected chi connectivity index (χ1v) is 8.83. The Morgan fingerprint density at radius 3 is 2.27 bits per heavy atom. The second-order valence-electron chi connectivity index (χ2n) is 4.28. The first-order chi connectivity index (χ1) is 10.4. The average Bonchev–Trinajstić information content (AvgIpc) is 2.48. The van der Waals surface area contributed by atoms with Gasteiger partial charge in [-0.2, -0.15) is 0 Å². The molecule has 0 unspecified atom stereocenters. The summed E-state index contributed by atoms with van der Waals surface area (Å²) in [6.07, 6.45) is 0. The van der Waals surface area contributed by atoms with Crippen molar-refractivity contribution < 1.29 is 13.2 Å². The highest BCUT2D eigenvalue weighted by Gasteiger charge is 2.14. The molecule has 0 aliphatic heterocycles. The minimum absolute atomic E-state index is 0.0494. The van der Waals surface area contributed by atoms with Crippen molar-refractivity contribution >= 4 is 44.8 Å². The average molecular weight is 381 g/mol. The van der Waals surface area contributed by atoms with E-state index >= 15 is 0 Å². The van der Waals surface area contributed by atoms with Gasteiger partial charge >= 0.3 is 0 Å². The molecule has 1 N–H and O–H groups in total. The molecule has 0 spiro atoms. The number of ether oxygens (including phenoxy) is 1. The summed E-state index contributed by atoms with van der Waals surface area (Å²) in [5, 5.41) is 1.08. The number of halogens is 3. The van der Waals surface area contributed by atoms with Crippen molar-refractivity contribution in [1.29, 1.82) is 0 Å². The quantitative estimate of drug-likeness (QED) is 0.771. The molecule has 0 radical (unpaired) electrons. The maximum atomic E-state index is 12.1. The first-order valence-electron chi connectivity index (χ1n) is 6.21. The van der Waals surface area contributed by atoms with Crippen molar-refractivity contribution in [1.82, 2.24) is 4.72 Å². The second-order valence-corrected chi connectivity index (χ2v) is 7.29. The summed E-state index contributed by atoms with van der Waals surface area (Å²) < 4.78 is 32.0. The van der Waals surface area contributed by atoms with Crippen LogP contribution in [0, 0.1) is 0 Å². The minimum Gasteiger partial charge on any atom is -0.492 e. The fraction of sp³-hybridized carbons (Fsp3) is 0.143. The zero-order valence-electron chi connectivity index (χ0n) is 11.2. The standard InChI is InChI=1S/C14H12Cl3NO3S/c15-10-1-3-11(4-2-10)21-8-7-18-22(19,20)12-5-6-13(16)14(17)9-12/h1-6,9,18H,7-8H2. The van der Waals surface area contributed by atoms with Gasteiger partial charge in [0.2, 0.25) is 10.0 Å². The largest absolute Gasteiger partial charge is 0.492 e. The molecule has 0 aromatic heterocycles. The Hall–Kier alpha value is -0.980. The van der Waals surface area contributed by atoms with Crippen LogP contribution in [0.3, 0.4) is 0 Å². The summed E-state index contributed by atoms with van der Waals surface area (Å²) in [4.78, 5) is 0.0494. The molecule has 4 nitrogen and oxygen atoms in total. The summed E-state index contributed by atoms with van der Waals surface area (Å²) in [5.41, 5.74) is 0. The molecule has 0 fully saturated rings. The normalized spacial score (nSPS) is 11.4. The van der Waals surface area contributed by atoms with E-state index in [1.165, 1.54) is 18.2 Å². The van der Waals surface area contributed by atoms with Gasteiger partial charge < -0.3 is 4.74 Å². The lowest BCUT2D eigenvalue weighted by Crippen LogP contribution is -2.28. The zero-order chi connectivity index (χ0) is 16.2. The van der Waals surface area contributed by atoms with E-state index in [2.05, 4.69) is 4.72 Å². The van der Waals surface area contributed by atoms with Gasteiger partial charge in [-0.3, -0.25) is 0 Å². The summed E-state index contributed by atoms with van der Waals surface area (Å²) >= 11 is 17.3. The number of hydrogen-bond donors (Lipinski definition) is 1. The number of sulfonamides is 1. The lowest BCUT2D eigenvalue weighted by Gasteiger charge is -2.09. The Morgan fingerprint density at radius 1 is 0.955 bits per heavy atom. The third-order valence-electron chi connectivity index (χ3n) is 2.68. The van der Waals surface area contributed by atoms with Crippen LogP contribution in [-0.4, -0.2) is 21.6 Å². The van der Waals surface area contributed by atoms with E-state index < -0.39 is 10.0 Å². The van der Waals surface area contributed by atoms with Crippen molar-refractivity contribution in [3.8, 4) is 5.75 Å². The van der Waals surface area contributed by atoms with Crippen LogP contribution in [0.25, 0.3) is 0 Å². The van der Waals surface area contributed by atoms with Crippen molar-refractivity contribution in [2.75, 3.05) is 13.2 Å². The Kier molecular flexibility index (Phi) is 5.94. The fourth-order valence-electron chi connectivity index (χ4n) is 1.60. The summed E-state index contributed by atoms with van der Waals surface area (Å²) in [6, 6.07) is 10.9. The Bertz CT molecular complexity index is 748. The highest BCUT2D eigenvalue weighted by atomic mass is 35.5. The van der Waals surface area contributed by atoms with E-state index in [0.717, 1.165) is 0 Å². The highest BCUT2D eigenvalue weighted by Crippen LogP contribution is 2.24. The van der Waals surface area contributed by atoms with E-state index in [-0.39, 0.29) is 23.1 Å². The van der Waals surface area contributed by atoms with Crippen LogP contribution >= 0.6 is 34.8 Å². The molecule has 0 amide bonds. The zero-order valence-corrected chi connectivity index (χ0v) is 14.3. The Balaban J connectivity index is 1.89. The predicted octanol–water partition coefficient (Wildman–Crippen LogP) is 4.00. The summed E-state index contributed by atoms with van der Waals surface area (Å²) in [6.45, 7) is 0.299. The van der Waals surface area contributed by atoms with E-state index in [4.69, 9.17) is 39.5 Å². The van der Waals surface area contributed by atoms with Gasteiger partial charge in [0.05, 0.1) is 14.9 Å². The number of benzene rings is 2. The van der Waals surface area contributed by atoms with Gasteiger partial charge in [-0.05, 0) is 42.5 Å². The van der Waals surface area contributed by atoms with Crippen molar-refractivity contribution in [2.45, 2.75) is 4.90 Å². The summed E-state index contributed by atoms with van der Waals surface area (Å²) in [7, 11) is -3.65. The molecule has 2 aromatic carbocycles. The fourth-order valence-corrected chi connectivity index (χ4v) is 3.13. The Morgan fingerprint density at radius 2 is 1.64 bits per heavy atom. The molecule has 2 aromatic rings. The molecule has 0 aliphatic carbocycles. The monoisotopic (exact) mass is 379 g/mol. The molecular formula is C14H12Cl3NO3S. The first kappa shape index (κ1) is 17.4. The molecule has 0 bridgehead atoms.